The van der Waals surface area contributed by atoms with Crippen LogP contribution < -0.4 is 10.0 Å². The Balaban J connectivity index is 2.33. The molecule has 0 aliphatic carbocycles. The van der Waals surface area contributed by atoms with Gasteiger partial charge in [-0.25, -0.2) is 8.42 Å². The standard InChI is InChI=1S/C15H16N2O6S/c1-2-15(21)16-11-8-10(4-6-12(11)18)24(22,23)17-9-3-5-13(19)14(20)7-9/h3-8,17-20H,2H2,1H3,(H,16,21). The SMILES string of the molecule is CCC(=O)Nc1cc(S(=O)(=O)Nc2ccc(O)c(O)c2)ccc1O. The fourth-order valence-corrected chi connectivity index (χ4v) is 2.90. The lowest BCUT2D eigenvalue weighted by Crippen LogP contribution is -2.14. The molecule has 0 fully saturated rings. The third kappa shape index (κ3) is 3.87. The molecule has 0 aliphatic heterocycles. The molecule has 2 aromatic rings. The summed E-state index contributed by atoms with van der Waals surface area (Å²) in [5.41, 5.74) is 0.01000. The summed E-state index contributed by atoms with van der Waals surface area (Å²) >= 11 is 0. The van der Waals surface area contributed by atoms with Crippen molar-refractivity contribution in [3.63, 3.8) is 0 Å². The summed E-state index contributed by atoms with van der Waals surface area (Å²) in [6, 6.07) is 6.88. The summed E-state index contributed by atoms with van der Waals surface area (Å²) in [6.07, 6.45) is 0.168. The van der Waals surface area contributed by atoms with Crippen LogP contribution in [0.3, 0.4) is 0 Å². The molecule has 0 aromatic heterocycles. The summed E-state index contributed by atoms with van der Waals surface area (Å²) in [4.78, 5) is 11.2. The number of carbonyl (C=O) groups excluding carboxylic acids is 1. The van der Waals surface area contributed by atoms with Crippen molar-refractivity contribution in [2.45, 2.75) is 18.2 Å². The number of sulfonamides is 1. The lowest BCUT2D eigenvalue weighted by atomic mass is 10.3. The van der Waals surface area contributed by atoms with E-state index in [0.717, 1.165) is 24.3 Å². The Hall–Kier alpha value is -2.94. The minimum atomic E-state index is -4.03. The highest BCUT2D eigenvalue weighted by atomic mass is 32.2. The van der Waals surface area contributed by atoms with E-state index in [2.05, 4.69) is 10.0 Å². The minimum absolute atomic E-state index is 0.0294. The van der Waals surface area contributed by atoms with Crippen molar-refractivity contribution >= 4 is 27.3 Å². The van der Waals surface area contributed by atoms with Crippen LogP contribution in [0.2, 0.25) is 0 Å². The second-order valence-electron chi connectivity index (χ2n) is 4.89. The van der Waals surface area contributed by atoms with E-state index in [9.17, 15) is 28.5 Å². The molecule has 0 bridgehead atoms. The van der Waals surface area contributed by atoms with Gasteiger partial charge in [-0.15, -0.1) is 0 Å². The number of rotatable bonds is 5. The van der Waals surface area contributed by atoms with E-state index < -0.39 is 15.8 Å². The number of hydrogen-bond donors (Lipinski definition) is 5. The summed E-state index contributed by atoms with van der Waals surface area (Å²) < 4.78 is 27.0. The molecule has 0 atom stereocenters. The number of benzene rings is 2. The Morgan fingerprint density at radius 1 is 1.00 bits per heavy atom. The van der Waals surface area contributed by atoms with Crippen LogP contribution in [0.15, 0.2) is 41.3 Å². The predicted octanol–water partition coefficient (Wildman–Crippen LogP) is 1.95. The zero-order chi connectivity index (χ0) is 17.9. The van der Waals surface area contributed by atoms with Gasteiger partial charge >= 0.3 is 0 Å². The van der Waals surface area contributed by atoms with E-state index in [1.807, 2.05) is 0 Å². The quantitative estimate of drug-likeness (QED) is 0.412. The van der Waals surface area contributed by atoms with Gasteiger partial charge < -0.3 is 20.6 Å². The molecule has 24 heavy (non-hydrogen) atoms. The monoisotopic (exact) mass is 352 g/mol. The fraction of sp³-hybridized carbons (Fsp3) is 0.133. The average molecular weight is 352 g/mol. The van der Waals surface area contributed by atoms with Gasteiger partial charge in [0, 0.05) is 12.5 Å². The average Bonchev–Trinajstić information content (AvgIpc) is 2.52. The third-order valence-electron chi connectivity index (χ3n) is 3.10. The van der Waals surface area contributed by atoms with Gasteiger partial charge in [0.05, 0.1) is 16.3 Å². The lowest BCUT2D eigenvalue weighted by Gasteiger charge is -2.11. The second-order valence-corrected chi connectivity index (χ2v) is 6.57. The predicted molar refractivity (Wildman–Crippen MR) is 87.6 cm³/mol. The van der Waals surface area contributed by atoms with Crippen LogP contribution in [0.25, 0.3) is 0 Å². The maximum absolute atomic E-state index is 12.4. The molecule has 0 spiro atoms. The van der Waals surface area contributed by atoms with Crippen molar-refractivity contribution in [2.75, 3.05) is 10.0 Å². The molecule has 0 radical (unpaired) electrons. The first kappa shape index (κ1) is 17.4. The Morgan fingerprint density at radius 2 is 1.67 bits per heavy atom. The summed E-state index contributed by atoms with van der Waals surface area (Å²) in [5, 5.41) is 30.8. The van der Waals surface area contributed by atoms with E-state index in [1.54, 1.807) is 6.92 Å². The first-order valence-electron chi connectivity index (χ1n) is 6.90. The van der Waals surface area contributed by atoms with Gasteiger partial charge in [-0.2, -0.15) is 0 Å². The molecule has 2 rings (SSSR count). The topological polar surface area (TPSA) is 136 Å². The Kier molecular flexibility index (Phi) is 4.84. The molecular weight excluding hydrogens is 336 g/mol. The van der Waals surface area contributed by atoms with Crippen LogP contribution in [0.1, 0.15) is 13.3 Å². The first-order valence-corrected chi connectivity index (χ1v) is 8.39. The van der Waals surface area contributed by atoms with Crippen LogP contribution >= 0.6 is 0 Å². The Morgan fingerprint density at radius 3 is 2.29 bits per heavy atom. The van der Waals surface area contributed by atoms with Gasteiger partial charge in [-0.3, -0.25) is 9.52 Å². The van der Waals surface area contributed by atoms with Crippen molar-refractivity contribution in [1.82, 2.24) is 0 Å². The third-order valence-corrected chi connectivity index (χ3v) is 4.48. The Labute approximate surface area is 138 Å². The molecule has 0 saturated carbocycles. The molecule has 0 heterocycles. The van der Waals surface area contributed by atoms with Crippen LogP contribution in [0.5, 0.6) is 17.2 Å². The number of hydrogen-bond acceptors (Lipinski definition) is 6. The Bertz CT molecular complexity index is 880. The molecule has 128 valence electrons. The molecule has 2 aromatic carbocycles. The summed E-state index contributed by atoms with van der Waals surface area (Å²) in [5.74, 6) is -1.50. The maximum Gasteiger partial charge on any atom is 0.261 e. The van der Waals surface area contributed by atoms with Crippen LogP contribution in [0, 0.1) is 0 Å². The normalized spacial score (nSPS) is 11.0. The van der Waals surface area contributed by atoms with Crippen molar-refractivity contribution in [1.29, 1.82) is 0 Å². The second kappa shape index (κ2) is 6.67. The zero-order valence-electron chi connectivity index (χ0n) is 12.6. The largest absolute Gasteiger partial charge is 0.506 e. The summed E-state index contributed by atoms with van der Waals surface area (Å²) in [7, 11) is -4.03. The molecule has 0 aliphatic rings. The summed E-state index contributed by atoms with van der Waals surface area (Å²) in [6.45, 7) is 1.62. The van der Waals surface area contributed by atoms with E-state index in [0.29, 0.717) is 0 Å². The molecule has 8 nitrogen and oxygen atoms in total. The number of aromatic hydroxyl groups is 3. The smallest absolute Gasteiger partial charge is 0.261 e. The number of nitrogens with one attached hydrogen (secondary N) is 2. The number of amides is 1. The molecule has 9 heteroatoms. The van der Waals surface area contributed by atoms with Crippen molar-refractivity contribution < 1.29 is 28.5 Å². The van der Waals surface area contributed by atoms with E-state index in [4.69, 9.17) is 0 Å². The first-order chi connectivity index (χ1) is 11.2. The minimum Gasteiger partial charge on any atom is -0.506 e. The zero-order valence-corrected chi connectivity index (χ0v) is 13.5. The van der Waals surface area contributed by atoms with Gasteiger partial charge in [0.1, 0.15) is 5.75 Å². The molecule has 0 saturated heterocycles. The number of phenols is 3. The van der Waals surface area contributed by atoms with E-state index in [1.165, 1.54) is 12.1 Å². The fourth-order valence-electron chi connectivity index (χ4n) is 1.82. The van der Waals surface area contributed by atoms with Crippen LogP contribution in [-0.4, -0.2) is 29.6 Å². The molecule has 5 N–H and O–H groups in total. The van der Waals surface area contributed by atoms with Crippen LogP contribution in [0.4, 0.5) is 11.4 Å². The van der Waals surface area contributed by atoms with Crippen molar-refractivity contribution in [3.05, 3.63) is 36.4 Å². The van der Waals surface area contributed by atoms with Gasteiger partial charge in [0.15, 0.2) is 11.5 Å². The van der Waals surface area contributed by atoms with Crippen molar-refractivity contribution in [2.24, 2.45) is 0 Å². The highest BCUT2D eigenvalue weighted by Crippen LogP contribution is 2.30. The molecule has 0 unspecified atom stereocenters. The molecule has 1 amide bonds. The highest BCUT2D eigenvalue weighted by Gasteiger charge is 2.17. The lowest BCUT2D eigenvalue weighted by molar-refractivity contribution is -0.115. The number of anilines is 2. The molecular formula is C15H16N2O6S. The number of phenolic OH excluding ortho intramolecular Hbond substituents is 3. The van der Waals surface area contributed by atoms with Gasteiger partial charge in [0.25, 0.3) is 10.0 Å². The highest BCUT2D eigenvalue weighted by molar-refractivity contribution is 7.92. The van der Waals surface area contributed by atoms with E-state index in [-0.39, 0.29) is 40.1 Å². The van der Waals surface area contributed by atoms with Gasteiger partial charge in [0.2, 0.25) is 5.91 Å². The number of carbonyl (C=O) groups is 1. The van der Waals surface area contributed by atoms with E-state index >= 15 is 0 Å². The van der Waals surface area contributed by atoms with Gasteiger partial charge in [-0.1, -0.05) is 6.92 Å². The van der Waals surface area contributed by atoms with Gasteiger partial charge in [-0.05, 0) is 30.3 Å². The van der Waals surface area contributed by atoms with Crippen molar-refractivity contribution in [3.8, 4) is 17.2 Å². The van der Waals surface area contributed by atoms with Crippen LogP contribution in [-0.2, 0) is 14.8 Å². The maximum atomic E-state index is 12.4.